The maximum atomic E-state index is 11.5. The van der Waals surface area contributed by atoms with Gasteiger partial charge in [0.05, 0.1) is 11.5 Å². The van der Waals surface area contributed by atoms with Gasteiger partial charge in [0.2, 0.25) is 11.7 Å². The maximum absolute atomic E-state index is 11.5. The van der Waals surface area contributed by atoms with Crippen molar-refractivity contribution in [2.24, 2.45) is 0 Å². The number of carbonyl (C=O) groups is 1. The highest BCUT2D eigenvalue weighted by Gasteiger charge is 2.15. The van der Waals surface area contributed by atoms with Gasteiger partial charge in [-0.1, -0.05) is 0 Å². The average Bonchev–Trinajstić information content (AvgIpc) is 2.47. The van der Waals surface area contributed by atoms with E-state index in [2.05, 4.69) is 20.9 Å². The lowest BCUT2D eigenvalue weighted by Gasteiger charge is -2.08. The van der Waals surface area contributed by atoms with Crippen LogP contribution in [0.2, 0.25) is 0 Å². The molecule has 1 aromatic rings. The third-order valence-corrected chi connectivity index (χ3v) is 2.60. The van der Waals surface area contributed by atoms with Crippen LogP contribution in [0.25, 0.3) is 0 Å². The number of nitrogens with zero attached hydrogens (tertiary/aromatic N) is 2. The van der Waals surface area contributed by atoms with E-state index < -0.39 is 4.92 Å². The molecule has 0 saturated carbocycles. The highest BCUT2D eigenvalue weighted by Crippen LogP contribution is 2.23. The first kappa shape index (κ1) is 16.6. The van der Waals surface area contributed by atoms with Gasteiger partial charge in [-0.05, 0) is 6.07 Å². The standard InChI is InChI=1S/C12H19N5O4/c1-13-10-4-3-9(17(19)20)12(16-10)15-6-5-11(18)14-7-8-21-2/h3-4H,5-8H2,1-2H3,(H,14,18)(H2,13,15,16). The molecule has 21 heavy (non-hydrogen) atoms. The number of rotatable bonds is 9. The Morgan fingerprint density at radius 1 is 1.43 bits per heavy atom. The minimum atomic E-state index is -0.520. The van der Waals surface area contributed by atoms with E-state index in [-0.39, 0.29) is 30.4 Å². The molecule has 0 fully saturated rings. The van der Waals surface area contributed by atoms with E-state index in [0.29, 0.717) is 19.0 Å². The smallest absolute Gasteiger partial charge is 0.311 e. The van der Waals surface area contributed by atoms with Crippen LogP contribution in [0.1, 0.15) is 6.42 Å². The van der Waals surface area contributed by atoms with Gasteiger partial charge in [0, 0.05) is 39.7 Å². The molecule has 0 bridgehead atoms. The summed E-state index contributed by atoms with van der Waals surface area (Å²) in [6.07, 6.45) is 0.187. The van der Waals surface area contributed by atoms with Gasteiger partial charge in [0.25, 0.3) is 0 Å². The van der Waals surface area contributed by atoms with Crippen molar-refractivity contribution in [2.45, 2.75) is 6.42 Å². The lowest BCUT2D eigenvalue weighted by Crippen LogP contribution is -2.28. The Hall–Kier alpha value is -2.42. The zero-order chi connectivity index (χ0) is 15.7. The fourth-order valence-corrected chi connectivity index (χ4v) is 1.54. The first-order valence-electron chi connectivity index (χ1n) is 6.41. The molecule has 9 nitrogen and oxygen atoms in total. The van der Waals surface area contributed by atoms with Crippen LogP contribution in [0, 0.1) is 10.1 Å². The number of hydrogen-bond donors (Lipinski definition) is 3. The summed E-state index contributed by atoms with van der Waals surface area (Å²) in [5.41, 5.74) is -0.131. The molecule has 0 aromatic carbocycles. The second kappa shape index (κ2) is 8.69. The molecule has 116 valence electrons. The molecule has 3 N–H and O–H groups in total. The Balaban J connectivity index is 2.54. The summed E-state index contributed by atoms with van der Waals surface area (Å²) in [5.74, 6) is 0.483. The van der Waals surface area contributed by atoms with Crippen LogP contribution in [0.4, 0.5) is 17.3 Å². The lowest BCUT2D eigenvalue weighted by atomic mass is 10.3. The fourth-order valence-electron chi connectivity index (χ4n) is 1.54. The van der Waals surface area contributed by atoms with Gasteiger partial charge in [0.15, 0.2) is 0 Å². The van der Waals surface area contributed by atoms with Crippen molar-refractivity contribution in [3.63, 3.8) is 0 Å². The van der Waals surface area contributed by atoms with Crippen LogP contribution < -0.4 is 16.0 Å². The molecule has 1 aromatic heterocycles. The van der Waals surface area contributed by atoms with Crippen molar-refractivity contribution in [3.05, 3.63) is 22.2 Å². The molecule has 0 aliphatic rings. The number of amides is 1. The molecular weight excluding hydrogens is 278 g/mol. The highest BCUT2D eigenvalue weighted by molar-refractivity contribution is 5.76. The minimum absolute atomic E-state index is 0.131. The summed E-state index contributed by atoms with van der Waals surface area (Å²) in [7, 11) is 3.22. The van der Waals surface area contributed by atoms with Gasteiger partial charge in [-0.15, -0.1) is 0 Å². The molecule has 0 aliphatic heterocycles. The molecule has 0 aliphatic carbocycles. The summed E-state index contributed by atoms with van der Waals surface area (Å²) >= 11 is 0. The van der Waals surface area contributed by atoms with Gasteiger partial charge in [-0.3, -0.25) is 14.9 Å². The monoisotopic (exact) mass is 297 g/mol. The molecule has 0 atom stereocenters. The van der Waals surface area contributed by atoms with Gasteiger partial charge in [-0.25, -0.2) is 4.98 Å². The van der Waals surface area contributed by atoms with Crippen LogP contribution in [-0.2, 0) is 9.53 Å². The molecule has 0 saturated heterocycles. The van der Waals surface area contributed by atoms with Crippen molar-refractivity contribution in [1.29, 1.82) is 0 Å². The molecule has 1 rings (SSSR count). The van der Waals surface area contributed by atoms with Crippen LogP contribution in [0.5, 0.6) is 0 Å². The topological polar surface area (TPSA) is 118 Å². The van der Waals surface area contributed by atoms with Crippen LogP contribution in [-0.4, -0.2) is 49.7 Å². The van der Waals surface area contributed by atoms with Crippen LogP contribution >= 0.6 is 0 Å². The first-order valence-corrected chi connectivity index (χ1v) is 6.41. The summed E-state index contributed by atoms with van der Waals surface area (Å²) in [5, 5.41) is 19.2. The summed E-state index contributed by atoms with van der Waals surface area (Å²) < 4.78 is 4.81. The molecule has 0 unspecified atom stereocenters. The second-order valence-corrected chi connectivity index (χ2v) is 4.09. The van der Waals surface area contributed by atoms with E-state index in [0.717, 1.165) is 0 Å². The number of anilines is 2. The molecule has 1 amide bonds. The largest absolute Gasteiger partial charge is 0.383 e. The quantitative estimate of drug-likeness (QED) is 0.347. The molecule has 0 radical (unpaired) electrons. The van der Waals surface area contributed by atoms with E-state index >= 15 is 0 Å². The molecule has 1 heterocycles. The van der Waals surface area contributed by atoms with Gasteiger partial charge >= 0.3 is 5.69 Å². The molecular formula is C12H19N5O4. The van der Waals surface area contributed by atoms with E-state index in [9.17, 15) is 14.9 Å². The van der Waals surface area contributed by atoms with Crippen LogP contribution in [0.3, 0.4) is 0 Å². The van der Waals surface area contributed by atoms with Gasteiger partial charge in [-0.2, -0.15) is 0 Å². The zero-order valence-electron chi connectivity index (χ0n) is 12.0. The number of aromatic nitrogens is 1. The van der Waals surface area contributed by atoms with Gasteiger partial charge in [0.1, 0.15) is 5.82 Å². The number of pyridine rings is 1. The average molecular weight is 297 g/mol. The molecule has 0 spiro atoms. The number of ether oxygens (including phenoxy) is 1. The fraction of sp³-hybridized carbons (Fsp3) is 0.500. The third kappa shape index (κ3) is 5.61. The number of hydrogen-bond acceptors (Lipinski definition) is 7. The summed E-state index contributed by atoms with van der Waals surface area (Å²) in [6, 6.07) is 2.88. The van der Waals surface area contributed by atoms with E-state index in [1.165, 1.54) is 12.1 Å². The Morgan fingerprint density at radius 3 is 2.81 bits per heavy atom. The van der Waals surface area contributed by atoms with Crippen molar-refractivity contribution in [1.82, 2.24) is 10.3 Å². The minimum Gasteiger partial charge on any atom is -0.383 e. The van der Waals surface area contributed by atoms with Crippen molar-refractivity contribution < 1.29 is 14.5 Å². The second-order valence-electron chi connectivity index (χ2n) is 4.09. The van der Waals surface area contributed by atoms with Crippen molar-refractivity contribution >= 4 is 23.2 Å². The summed E-state index contributed by atoms with van der Waals surface area (Å²) in [4.78, 5) is 25.9. The van der Waals surface area contributed by atoms with E-state index in [1.54, 1.807) is 14.2 Å². The number of nitrogens with one attached hydrogen (secondary N) is 3. The Bertz CT molecular complexity index is 495. The zero-order valence-corrected chi connectivity index (χ0v) is 12.0. The molecule has 9 heteroatoms. The van der Waals surface area contributed by atoms with E-state index in [1.807, 2.05) is 0 Å². The summed E-state index contributed by atoms with van der Waals surface area (Å²) in [6.45, 7) is 1.12. The predicted molar refractivity (Wildman–Crippen MR) is 78.4 cm³/mol. The van der Waals surface area contributed by atoms with E-state index in [4.69, 9.17) is 4.74 Å². The van der Waals surface area contributed by atoms with Gasteiger partial charge < -0.3 is 20.7 Å². The highest BCUT2D eigenvalue weighted by atomic mass is 16.6. The first-order chi connectivity index (χ1) is 10.1. The lowest BCUT2D eigenvalue weighted by molar-refractivity contribution is -0.384. The normalized spacial score (nSPS) is 10.0. The Kier molecular flexibility index (Phi) is 6.88. The SMILES string of the molecule is CNc1ccc([N+](=O)[O-])c(NCCC(=O)NCCOC)n1. The van der Waals surface area contributed by atoms with Crippen molar-refractivity contribution in [2.75, 3.05) is 44.5 Å². The van der Waals surface area contributed by atoms with Crippen LogP contribution in [0.15, 0.2) is 12.1 Å². The number of methoxy groups -OCH3 is 1. The predicted octanol–water partition coefficient (Wildman–Crippen LogP) is 0.596. The Morgan fingerprint density at radius 2 is 2.19 bits per heavy atom. The maximum Gasteiger partial charge on any atom is 0.311 e. The number of carbonyl (C=O) groups excluding carboxylic acids is 1. The number of nitro groups is 1. The Labute approximate surface area is 122 Å². The van der Waals surface area contributed by atoms with Crippen molar-refractivity contribution in [3.8, 4) is 0 Å². The third-order valence-electron chi connectivity index (χ3n) is 2.60.